The molecule has 0 fully saturated rings. The zero-order valence-corrected chi connectivity index (χ0v) is 8.80. The molecular weight excluding hydrogens is 184 g/mol. The summed E-state index contributed by atoms with van der Waals surface area (Å²) >= 11 is 4.36. The van der Waals surface area contributed by atoms with Crippen molar-refractivity contribution in [2.45, 2.75) is 18.1 Å². The van der Waals surface area contributed by atoms with Gasteiger partial charge in [0.15, 0.2) is 0 Å². The monoisotopic (exact) mass is 198 g/mol. The molecule has 0 aliphatic rings. The number of rotatable bonds is 4. The van der Waals surface area contributed by atoms with E-state index in [1.54, 1.807) is 14.2 Å². The topological polar surface area (TPSA) is 18.5 Å². The van der Waals surface area contributed by atoms with Gasteiger partial charge in [0.1, 0.15) is 0 Å². The van der Waals surface area contributed by atoms with Gasteiger partial charge in [-0.25, -0.2) is 0 Å². The Kier molecular flexibility index (Phi) is 4.28. The molecule has 0 aliphatic carbocycles. The quantitative estimate of drug-likeness (QED) is 0.748. The summed E-state index contributed by atoms with van der Waals surface area (Å²) in [4.78, 5) is 0.955. The van der Waals surface area contributed by atoms with E-state index in [1.165, 1.54) is 0 Å². The van der Waals surface area contributed by atoms with Gasteiger partial charge in [-0.05, 0) is 17.2 Å². The summed E-state index contributed by atoms with van der Waals surface area (Å²) in [6.45, 7) is 1.19. The molecule has 0 saturated carbocycles. The minimum Gasteiger partial charge on any atom is -0.380 e. The number of thiol groups is 1. The van der Waals surface area contributed by atoms with Crippen LogP contribution in [0.1, 0.15) is 11.1 Å². The highest BCUT2D eigenvalue weighted by Gasteiger charge is 2.04. The van der Waals surface area contributed by atoms with Crippen LogP contribution in [0.2, 0.25) is 0 Å². The summed E-state index contributed by atoms with van der Waals surface area (Å²) in [5.74, 6) is 0. The summed E-state index contributed by atoms with van der Waals surface area (Å²) < 4.78 is 10.2. The Labute approximate surface area is 84.3 Å². The summed E-state index contributed by atoms with van der Waals surface area (Å²) in [6.07, 6.45) is 0. The van der Waals surface area contributed by atoms with Crippen molar-refractivity contribution in [1.82, 2.24) is 0 Å². The lowest BCUT2D eigenvalue weighted by molar-refractivity contribution is 0.166. The first-order valence-electron chi connectivity index (χ1n) is 4.07. The van der Waals surface area contributed by atoms with E-state index < -0.39 is 0 Å². The van der Waals surface area contributed by atoms with Gasteiger partial charge in [-0.2, -0.15) is 0 Å². The fourth-order valence-corrected chi connectivity index (χ4v) is 1.52. The zero-order valence-electron chi connectivity index (χ0n) is 7.91. The van der Waals surface area contributed by atoms with Crippen LogP contribution in [0.5, 0.6) is 0 Å². The molecule has 0 aliphatic heterocycles. The molecule has 0 unspecified atom stereocenters. The second-order valence-electron chi connectivity index (χ2n) is 2.78. The predicted octanol–water partition coefficient (Wildman–Crippen LogP) is 2.27. The van der Waals surface area contributed by atoms with Gasteiger partial charge in [-0.1, -0.05) is 12.1 Å². The Morgan fingerprint density at radius 1 is 1.15 bits per heavy atom. The van der Waals surface area contributed by atoms with Crippen molar-refractivity contribution in [3.05, 3.63) is 29.3 Å². The first-order chi connectivity index (χ1) is 6.29. The lowest BCUT2D eigenvalue weighted by Gasteiger charge is -2.10. The second kappa shape index (κ2) is 5.27. The van der Waals surface area contributed by atoms with E-state index in [0.717, 1.165) is 16.0 Å². The SMILES string of the molecule is COCc1cccc(S)c1COC. The molecule has 72 valence electrons. The lowest BCUT2D eigenvalue weighted by atomic mass is 10.1. The van der Waals surface area contributed by atoms with Crippen molar-refractivity contribution in [3.8, 4) is 0 Å². The molecule has 1 aromatic carbocycles. The van der Waals surface area contributed by atoms with Gasteiger partial charge in [0, 0.05) is 19.1 Å². The van der Waals surface area contributed by atoms with Crippen molar-refractivity contribution in [2.75, 3.05) is 14.2 Å². The second-order valence-corrected chi connectivity index (χ2v) is 3.26. The normalized spacial score (nSPS) is 10.4. The highest BCUT2D eigenvalue weighted by Crippen LogP contribution is 2.19. The van der Waals surface area contributed by atoms with Crippen LogP contribution in [0.15, 0.2) is 23.1 Å². The molecule has 0 atom stereocenters. The number of hydrogen-bond donors (Lipinski definition) is 1. The molecule has 0 radical (unpaired) electrons. The number of hydrogen-bond acceptors (Lipinski definition) is 3. The maximum Gasteiger partial charge on any atom is 0.0727 e. The summed E-state index contributed by atoms with van der Waals surface area (Å²) in [6, 6.07) is 5.95. The van der Waals surface area contributed by atoms with Gasteiger partial charge in [-0.3, -0.25) is 0 Å². The Morgan fingerprint density at radius 2 is 1.85 bits per heavy atom. The average Bonchev–Trinajstić information content (AvgIpc) is 2.11. The molecular formula is C10H14O2S. The molecule has 0 aromatic heterocycles. The van der Waals surface area contributed by atoms with Crippen molar-refractivity contribution >= 4 is 12.6 Å². The van der Waals surface area contributed by atoms with Crippen molar-refractivity contribution < 1.29 is 9.47 Å². The average molecular weight is 198 g/mol. The molecule has 0 saturated heterocycles. The Morgan fingerprint density at radius 3 is 2.46 bits per heavy atom. The van der Waals surface area contributed by atoms with Gasteiger partial charge < -0.3 is 9.47 Å². The van der Waals surface area contributed by atoms with Crippen LogP contribution in [-0.4, -0.2) is 14.2 Å². The third-order valence-corrected chi connectivity index (χ3v) is 2.26. The van der Waals surface area contributed by atoms with Crippen LogP contribution in [0.4, 0.5) is 0 Å². The van der Waals surface area contributed by atoms with Gasteiger partial charge in [0.25, 0.3) is 0 Å². The van der Waals surface area contributed by atoms with Crippen LogP contribution in [0.25, 0.3) is 0 Å². The van der Waals surface area contributed by atoms with E-state index >= 15 is 0 Å². The van der Waals surface area contributed by atoms with Gasteiger partial charge in [0.05, 0.1) is 13.2 Å². The van der Waals surface area contributed by atoms with Crippen LogP contribution >= 0.6 is 12.6 Å². The highest BCUT2D eigenvalue weighted by molar-refractivity contribution is 7.80. The Balaban J connectivity index is 2.95. The van der Waals surface area contributed by atoms with E-state index in [2.05, 4.69) is 12.6 Å². The van der Waals surface area contributed by atoms with Crippen LogP contribution < -0.4 is 0 Å². The summed E-state index contributed by atoms with van der Waals surface area (Å²) in [5, 5.41) is 0. The molecule has 0 bridgehead atoms. The summed E-state index contributed by atoms with van der Waals surface area (Å²) in [5.41, 5.74) is 2.24. The van der Waals surface area contributed by atoms with Crippen LogP contribution in [0.3, 0.4) is 0 Å². The predicted molar refractivity (Wildman–Crippen MR) is 55.1 cm³/mol. The third kappa shape index (κ3) is 2.72. The van der Waals surface area contributed by atoms with Crippen molar-refractivity contribution in [2.24, 2.45) is 0 Å². The minimum absolute atomic E-state index is 0.582. The first-order valence-corrected chi connectivity index (χ1v) is 4.52. The molecule has 0 heterocycles. The van der Waals surface area contributed by atoms with Crippen LogP contribution in [0, 0.1) is 0 Å². The maximum atomic E-state index is 5.09. The Hall–Kier alpha value is -0.510. The molecule has 1 aromatic rings. The highest BCUT2D eigenvalue weighted by atomic mass is 32.1. The van der Waals surface area contributed by atoms with E-state index in [1.807, 2.05) is 18.2 Å². The largest absolute Gasteiger partial charge is 0.380 e. The van der Waals surface area contributed by atoms with Gasteiger partial charge in [-0.15, -0.1) is 12.6 Å². The van der Waals surface area contributed by atoms with E-state index in [-0.39, 0.29) is 0 Å². The Bertz CT molecular complexity index is 274. The standard InChI is InChI=1S/C10H14O2S/c1-11-6-8-4-3-5-10(13)9(8)7-12-2/h3-5,13H,6-7H2,1-2H3. The summed E-state index contributed by atoms with van der Waals surface area (Å²) in [7, 11) is 3.36. The molecule has 13 heavy (non-hydrogen) atoms. The molecule has 3 heteroatoms. The molecule has 0 amide bonds. The fourth-order valence-electron chi connectivity index (χ4n) is 1.22. The van der Waals surface area contributed by atoms with E-state index in [0.29, 0.717) is 13.2 Å². The van der Waals surface area contributed by atoms with Gasteiger partial charge >= 0.3 is 0 Å². The van der Waals surface area contributed by atoms with E-state index in [9.17, 15) is 0 Å². The maximum absolute atomic E-state index is 5.09. The number of ether oxygens (including phenoxy) is 2. The molecule has 2 nitrogen and oxygen atoms in total. The number of methoxy groups -OCH3 is 2. The minimum atomic E-state index is 0.582. The smallest absolute Gasteiger partial charge is 0.0727 e. The van der Waals surface area contributed by atoms with E-state index in [4.69, 9.17) is 9.47 Å². The fraction of sp³-hybridized carbons (Fsp3) is 0.400. The van der Waals surface area contributed by atoms with Crippen molar-refractivity contribution in [3.63, 3.8) is 0 Å². The van der Waals surface area contributed by atoms with Crippen LogP contribution in [-0.2, 0) is 22.7 Å². The molecule has 0 spiro atoms. The molecule has 1 rings (SSSR count). The lowest BCUT2D eigenvalue weighted by Crippen LogP contribution is -1.98. The zero-order chi connectivity index (χ0) is 9.68. The van der Waals surface area contributed by atoms with Crippen molar-refractivity contribution in [1.29, 1.82) is 0 Å². The number of benzene rings is 1. The molecule has 0 N–H and O–H groups in total. The third-order valence-electron chi connectivity index (χ3n) is 1.84. The first kappa shape index (κ1) is 10.6. The van der Waals surface area contributed by atoms with Gasteiger partial charge in [0.2, 0.25) is 0 Å².